The van der Waals surface area contributed by atoms with Gasteiger partial charge in [-0.1, -0.05) is 6.92 Å². The highest BCUT2D eigenvalue weighted by Gasteiger charge is 2.29. The van der Waals surface area contributed by atoms with E-state index in [-0.39, 0.29) is 17.7 Å². The Bertz CT molecular complexity index is 532. The van der Waals surface area contributed by atoms with Crippen molar-refractivity contribution in [3.8, 4) is 0 Å². The van der Waals surface area contributed by atoms with Gasteiger partial charge >= 0.3 is 0 Å². The number of thiazole rings is 1. The second-order valence-electron chi connectivity index (χ2n) is 5.70. The maximum atomic E-state index is 12.3. The Morgan fingerprint density at radius 2 is 2.39 bits per heavy atom. The molecular formula is C16H25N3O3S. The zero-order valence-corrected chi connectivity index (χ0v) is 14.7. The molecule has 2 amide bonds. The third-order valence-corrected chi connectivity index (χ3v) is 4.99. The lowest BCUT2D eigenvalue weighted by molar-refractivity contribution is -0.138. The molecule has 6 nitrogen and oxygen atoms in total. The number of hydrogen-bond acceptors (Lipinski definition) is 5. The molecule has 1 atom stereocenters. The summed E-state index contributed by atoms with van der Waals surface area (Å²) in [6.45, 7) is 4.23. The summed E-state index contributed by atoms with van der Waals surface area (Å²) in [4.78, 5) is 30.3. The van der Waals surface area contributed by atoms with Crippen molar-refractivity contribution in [3.05, 3.63) is 16.1 Å². The van der Waals surface area contributed by atoms with Crippen LogP contribution in [0.5, 0.6) is 0 Å². The maximum Gasteiger partial charge on any atom is 0.224 e. The molecule has 1 N–H and O–H groups in total. The maximum absolute atomic E-state index is 12.3. The monoisotopic (exact) mass is 339 g/mol. The minimum absolute atomic E-state index is 0.0344. The zero-order chi connectivity index (χ0) is 16.7. The van der Waals surface area contributed by atoms with Gasteiger partial charge in [0.05, 0.1) is 23.2 Å². The first-order chi connectivity index (χ1) is 11.1. The molecule has 0 unspecified atom stereocenters. The van der Waals surface area contributed by atoms with Gasteiger partial charge in [0.15, 0.2) is 0 Å². The molecule has 0 bridgehead atoms. The van der Waals surface area contributed by atoms with E-state index in [1.807, 2.05) is 0 Å². The van der Waals surface area contributed by atoms with Crippen molar-refractivity contribution in [1.29, 1.82) is 0 Å². The van der Waals surface area contributed by atoms with Crippen LogP contribution in [0.1, 0.15) is 30.5 Å². The van der Waals surface area contributed by atoms with Crippen molar-refractivity contribution in [2.24, 2.45) is 5.92 Å². The Morgan fingerprint density at radius 3 is 3.09 bits per heavy atom. The largest absolute Gasteiger partial charge is 0.383 e. The van der Waals surface area contributed by atoms with Gasteiger partial charge in [0.25, 0.3) is 0 Å². The van der Waals surface area contributed by atoms with Gasteiger partial charge in [-0.05, 0) is 12.8 Å². The number of carbonyl (C=O) groups excluding carboxylic acids is 2. The summed E-state index contributed by atoms with van der Waals surface area (Å²) in [7, 11) is 1.61. The molecule has 1 saturated heterocycles. The number of likely N-dealkylation sites (tertiary alicyclic amines) is 1. The van der Waals surface area contributed by atoms with Gasteiger partial charge in [0.1, 0.15) is 0 Å². The van der Waals surface area contributed by atoms with Crippen LogP contribution in [0.3, 0.4) is 0 Å². The van der Waals surface area contributed by atoms with Crippen LogP contribution in [0.4, 0.5) is 0 Å². The second kappa shape index (κ2) is 8.98. The van der Waals surface area contributed by atoms with Gasteiger partial charge in [-0.3, -0.25) is 9.59 Å². The fourth-order valence-corrected chi connectivity index (χ4v) is 3.49. The summed E-state index contributed by atoms with van der Waals surface area (Å²) in [5, 5.41) is 6.10. The van der Waals surface area contributed by atoms with Gasteiger partial charge in [-0.15, -0.1) is 11.3 Å². The Balaban J connectivity index is 1.75. The molecule has 128 valence electrons. The molecule has 23 heavy (non-hydrogen) atoms. The number of rotatable bonds is 8. The van der Waals surface area contributed by atoms with E-state index in [0.29, 0.717) is 39.1 Å². The fraction of sp³-hybridized carbons (Fsp3) is 0.688. The van der Waals surface area contributed by atoms with Crippen molar-refractivity contribution < 1.29 is 14.3 Å². The van der Waals surface area contributed by atoms with E-state index in [1.54, 1.807) is 23.3 Å². The number of aromatic nitrogens is 1. The molecule has 1 aromatic rings. The summed E-state index contributed by atoms with van der Waals surface area (Å²) in [6, 6.07) is 0. The molecule has 0 spiro atoms. The summed E-state index contributed by atoms with van der Waals surface area (Å²) >= 11 is 1.64. The first-order valence-corrected chi connectivity index (χ1v) is 8.99. The highest BCUT2D eigenvalue weighted by molar-refractivity contribution is 7.09. The van der Waals surface area contributed by atoms with Gasteiger partial charge in [0.2, 0.25) is 11.8 Å². The standard InChI is InChI=1S/C16H25N3O3S/c1-3-13-11-23-14(18-13)6-7-17-16(21)12-4-5-15(20)19(10-12)8-9-22-2/h11-12H,3-10H2,1-2H3,(H,17,21)/t12-/m0/s1. The number of hydrogen-bond donors (Lipinski definition) is 1. The minimum Gasteiger partial charge on any atom is -0.383 e. The molecule has 2 heterocycles. The Hall–Kier alpha value is -1.47. The fourth-order valence-electron chi connectivity index (χ4n) is 2.61. The lowest BCUT2D eigenvalue weighted by Gasteiger charge is -2.31. The second-order valence-corrected chi connectivity index (χ2v) is 6.64. The lowest BCUT2D eigenvalue weighted by atomic mass is 9.96. The van der Waals surface area contributed by atoms with E-state index < -0.39 is 0 Å². The van der Waals surface area contributed by atoms with Gasteiger partial charge < -0.3 is 15.0 Å². The molecule has 1 aliphatic heterocycles. The number of ether oxygens (including phenoxy) is 1. The van der Waals surface area contributed by atoms with Crippen molar-refractivity contribution in [2.45, 2.75) is 32.6 Å². The van der Waals surface area contributed by atoms with Gasteiger partial charge in [-0.25, -0.2) is 4.98 Å². The predicted octanol–water partition coefficient (Wildman–Crippen LogP) is 1.25. The summed E-state index contributed by atoms with van der Waals surface area (Å²) in [5.74, 6) is 0.0280. The molecule has 1 aromatic heterocycles. The van der Waals surface area contributed by atoms with Crippen LogP contribution >= 0.6 is 11.3 Å². The van der Waals surface area contributed by atoms with E-state index in [1.165, 1.54) is 0 Å². The van der Waals surface area contributed by atoms with E-state index in [9.17, 15) is 9.59 Å². The average Bonchev–Trinajstić information content (AvgIpc) is 3.02. The number of piperidine rings is 1. The third-order valence-electron chi connectivity index (χ3n) is 4.04. The number of methoxy groups -OCH3 is 1. The quantitative estimate of drug-likeness (QED) is 0.774. The Kier molecular flexibility index (Phi) is 6.98. The number of nitrogens with one attached hydrogen (secondary N) is 1. The minimum atomic E-state index is -0.118. The average molecular weight is 339 g/mol. The van der Waals surface area contributed by atoms with Crippen molar-refractivity contribution in [1.82, 2.24) is 15.2 Å². The van der Waals surface area contributed by atoms with Crippen LogP contribution < -0.4 is 5.32 Å². The molecule has 0 saturated carbocycles. The number of amides is 2. The highest BCUT2D eigenvalue weighted by Crippen LogP contribution is 2.17. The first kappa shape index (κ1) is 17.9. The molecule has 1 fully saturated rings. The van der Waals surface area contributed by atoms with Crippen LogP contribution in [0.2, 0.25) is 0 Å². The molecule has 0 radical (unpaired) electrons. The van der Waals surface area contributed by atoms with E-state index >= 15 is 0 Å². The molecular weight excluding hydrogens is 314 g/mol. The van der Waals surface area contributed by atoms with Crippen LogP contribution in [-0.2, 0) is 27.2 Å². The number of aryl methyl sites for hydroxylation is 1. The van der Waals surface area contributed by atoms with Gasteiger partial charge in [0, 0.05) is 45.0 Å². The Labute approximate surface area is 141 Å². The van der Waals surface area contributed by atoms with Crippen LogP contribution in [-0.4, -0.2) is 55.0 Å². The Morgan fingerprint density at radius 1 is 1.57 bits per heavy atom. The zero-order valence-electron chi connectivity index (χ0n) is 13.8. The van der Waals surface area contributed by atoms with Crippen molar-refractivity contribution in [2.75, 3.05) is 33.4 Å². The number of nitrogens with zero attached hydrogens (tertiary/aromatic N) is 2. The smallest absolute Gasteiger partial charge is 0.224 e. The number of carbonyl (C=O) groups is 2. The predicted molar refractivity (Wildman–Crippen MR) is 89.4 cm³/mol. The van der Waals surface area contributed by atoms with Crippen molar-refractivity contribution >= 4 is 23.2 Å². The lowest BCUT2D eigenvalue weighted by Crippen LogP contribution is -2.47. The molecule has 0 aliphatic carbocycles. The summed E-state index contributed by atoms with van der Waals surface area (Å²) < 4.78 is 5.01. The van der Waals surface area contributed by atoms with Crippen LogP contribution in [0, 0.1) is 5.92 Å². The summed E-state index contributed by atoms with van der Waals surface area (Å²) in [6.07, 6.45) is 2.77. The third kappa shape index (κ3) is 5.28. The first-order valence-electron chi connectivity index (χ1n) is 8.11. The van der Waals surface area contributed by atoms with E-state index in [0.717, 1.165) is 23.5 Å². The van der Waals surface area contributed by atoms with Crippen molar-refractivity contribution in [3.63, 3.8) is 0 Å². The van der Waals surface area contributed by atoms with Crippen LogP contribution in [0.15, 0.2) is 5.38 Å². The van der Waals surface area contributed by atoms with Crippen LogP contribution in [0.25, 0.3) is 0 Å². The topological polar surface area (TPSA) is 71.5 Å². The SMILES string of the molecule is CCc1csc(CCNC(=O)[C@H]2CCC(=O)N(CCOC)C2)n1. The summed E-state index contributed by atoms with van der Waals surface area (Å²) in [5.41, 5.74) is 1.11. The normalized spacial score (nSPS) is 18.3. The molecule has 1 aliphatic rings. The molecule has 7 heteroatoms. The van der Waals surface area contributed by atoms with E-state index in [2.05, 4.69) is 22.6 Å². The van der Waals surface area contributed by atoms with Gasteiger partial charge in [-0.2, -0.15) is 0 Å². The van der Waals surface area contributed by atoms with E-state index in [4.69, 9.17) is 4.74 Å². The molecule has 2 rings (SSSR count). The highest BCUT2D eigenvalue weighted by atomic mass is 32.1. The molecule has 0 aromatic carbocycles.